The van der Waals surface area contributed by atoms with Gasteiger partial charge in [-0.3, -0.25) is 0 Å². The number of aromatic nitrogens is 2. The Hall–Kier alpha value is -0.310. The molecule has 3 heteroatoms. The van der Waals surface area contributed by atoms with Gasteiger partial charge < -0.3 is 4.57 Å². The molecule has 1 heterocycles. The summed E-state index contributed by atoms with van der Waals surface area (Å²) in [6.45, 7) is 2.13. The van der Waals surface area contributed by atoms with Gasteiger partial charge in [0.15, 0.2) is 0 Å². The Bertz CT molecular complexity index is 205. The largest absolute Gasteiger partial charge is 0.338 e. The summed E-state index contributed by atoms with van der Waals surface area (Å²) in [7, 11) is 2.01. The quantitative estimate of drug-likeness (QED) is 0.669. The van der Waals surface area contributed by atoms with Crippen molar-refractivity contribution < 1.29 is 0 Å². The highest BCUT2D eigenvalue weighted by molar-refractivity contribution is 9.09. The van der Waals surface area contributed by atoms with Gasteiger partial charge in [0.05, 0.1) is 6.33 Å². The average Bonchev–Trinajstić information content (AvgIpc) is 2.15. The predicted molar refractivity (Wildman–Crippen MR) is 45.3 cm³/mol. The molecule has 56 valence electrons. The molecule has 1 atom stereocenters. The molecule has 1 aromatic rings. The molecular weight excluding hydrogens is 192 g/mol. The molecule has 0 aliphatic carbocycles. The van der Waals surface area contributed by atoms with Crippen LogP contribution in [0.25, 0.3) is 0 Å². The number of hydrogen-bond acceptors (Lipinski definition) is 1. The van der Waals surface area contributed by atoms with Crippen molar-refractivity contribution in [3.63, 3.8) is 0 Å². The summed E-state index contributed by atoms with van der Waals surface area (Å²) in [5.41, 5.74) is 1.27. The first-order valence-corrected chi connectivity index (χ1v) is 4.21. The SMILES string of the molecule is CC(Br)Cc1cncn1C. The Kier molecular flexibility index (Phi) is 2.49. The molecule has 0 N–H and O–H groups in total. The van der Waals surface area contributed by atoms with E-state index in [1.807, 2.05) is 24.1 Å². The van der Waals surface area contributed by atoms with E-state index in [2.05, 4.69) is 27.8 Å². The minimum Gasteiger partial charge on any atom is -0.338 e. The van der Waals surface area contributed by atoms with Gasteiger partial charge in [0.25, 0.3) is 0 Å². The number of imidazole rings is 1. The zero-order valence-corrected chi connectivity index (χ0v) is 7.80. The van der Waals surface area contributed by atoms with E-state index in [9.17, 15) is 0 Å². The van der Waals surface area contributed by atoms with Crippen LogP contribution in [-0.2, 0) is 13.5 Å². The normalized spacial score (nSPS) is 13.5. The molecule has 10 heavy (non-hydrogen) atoms. The molecule has 0 saturated carbocycles. The van der Waals surface area contributed by atoms with E-state index in [1.165, 1.54) is 5.69 Å². The number of halogens is 1. The van der Waals surface area contributed by atoms with E-state index in [-0.39, 0.29) is 0 Å². The minimum absolute atomic E-state index is 0.530. The van der Waals surface area contributed by atoms with Gasteiger partial charge in [0, 0.05) is 30.2 Å². The van der Waals surface area contributed by atoms with Crippen LogP contribution in [0.3, 0.4) is 0 Å². The molecule has 1 rings (SSSR count). The summed E-state index contributed by atoms with van der Waals surface area (Å²) >= 11 is 3.49. The highest BCUT2D eigenvalue weighted by Gasteiger charge is 2.01. The minimum atomic E-state index is 0.530. The zero-order valence-electron chi connectivity index (χ0n) is 6.21. The molecule has 2 nitrogen and oxygen atoms in total. The third-order valence-corrected chi connectivity index (χ3v) is 1.73. The van der Waals surface area contributed by atoms with Crippen molar-refractivity contribution in [1.82, 2.24) is 9.55 Å². The fourth-order valence-electron chi connectivity index (χ4n) is 0.869. The van der Waals surface area contributed by atoms with Crippen molar-refractivity contribution in [2.24, 2.45) is 7.05 Å². The lowest BCUT2D eigenvalue weighted by molar-refractivity contribution is 0.799. The number of nitrogens with zero attached hydrogens (tertiary/aromatic N) is 2. The summed E-state index contributed by atoms with van der Waals surface area (Å²) in [5, 5.41) is 0. The maximum atomic E-state index is 4.02. The Morgan fingerprint density at radius 2 is 2.50 bits per heavy atom. The number of rotatable bonds is 2. The lowest BCUT2D eigenvalue weighted by atomic mass is 10.3. The van der Waals surface area contributed by atoms with Crippen LogP contribution in [-0.4, -0.2) is 14.4 Å². The van der Waals surface area contributed by atoms with Crippen LogP contribution in [0.5, 0.6) is 0 Å². The lowest BCUT2D eigenvalue weighted by Gasteiger charge is -2.02. The number of hydrogen-bond donors (Lipinski definition) is 0. The lowest BCUT2D eigenvalue weighted by Crippen LogP contribution is -2.01. The Balaban J connectivity index is 2.65. The van der Waals surface area contributed by atoms with Gasteiger partial charge in [0.1, 0.15) is 0 Å². The second-order valence-electron chi connectivity index (χ2n) is 2.48. The molecule has 1 aromatic heterocycles. The molecule has 0 aliphatic rings. The first-order valence-electron chi connectivity index (χ1n) is 3.29. The first kappa shape index (κ1) is 7.79. The molecule has 0 aromatic carbocycles. The summed E-state index contributed by atoms with van der Waals surface area (Å²) in [4.78, 5) is 4.55. The molecule has 0 saturated heterocycles. The highest BCUT2D eigenvalue weighted by Crippen LogP contribution is 2.07. The Morgan fingerprint density at radius 3 is 2.90 bits per heavy atom. The number of aryl methyl sites for hydroxylation is 1. The number of alkyl halides is 1. The van der Waals surface area contributed by atoms with Crippen molar-refractivity contribution >= 4 is 15.9 Å². The fourth-order valence-corrected chi connectivity index (χ4v) is 1.20. The van der Waals surface area contributed by atoms with E-state index >= 15 is 0 Å². The van der Waals surface area contributed by atoms with Crippen LogP contribution < -0.4 is 0 Å². The summed E-state index contributed by atoms with van der Waals surface area (Å²) in [6, 6.07) is 0. The molecule has 1 unspecified atom stereocenters. The van der Waals surface area contributed by atoms with E-state index in [0.29, 0.717) is 4.83 Å². The van der Waals surface area contributed by atoms with Crippen LogP contribution >= 0.6 is 15.9 Å². The summed E-state index contributed by atoms with van der Waals surface area (Å²) in [6.07, 6.45) is 4.76. The molecule has 0 bridgehead atoms. The summed E-state index contributed by atoms with van der Waals surface area (Å²) < 4.78 is 2.04. The van der Waals surface area contributed by atoms with Gasteiger partial charge in [-0.1, -0.05) is 22.9 Å². The molecule has 0 fully saturated rings. The maximum absolute atomic E-state index is 4.02. The fraction of sp³-hybridized carbons (Fsp3) is 0.571. The van der Waals surface area contributed by atoms with Crippen LogP contribution in [0.15, 0.2) is 12.5 Å². The molecule has 0 amide bonds. The van der Waals surface area contributed by atoms with Crippen LogP contribution in [0.1, 0.15) is 12.6 Å². The molecular formula is C7H11BrN2. The van der Waals surface area contributed by atoms with Crippen molar-refractivity contribution in [2.45, 2.75) is 18.2 Å². The van der Waals surface area contributed by atoms with Crippen molar-refractivity contribution in [3.05, 3.63) is 18.2 Å². The zero-order chi connectivity index (χ0) is 7.56. The monoisotopic (exact) mass is 202 g/mol. The van der Waals surface area contributed by atoms with Crippen LogP contribution in [0.4, 0.5) is 0 Å². The van der Waals surface area contributed by atoms with Crippen LogP contribution in [0, 0.1) is 0 Å². The Morgan fingerprint density at radius 1 is 1.80 bits per heavy atom. The van der Waals surface area contributed by atoms with Crippen molar-refractivity contribution in [2.75, 3.05) is 0 Å². The molecule has 0 radical (unpaired) electrons. The Labute approximate surface area is 69.4 Å². The van der Waals surface area contributed by atoms with Gasteiger partial charge >= 0.3 is 0 Å². The average molecular weight is 203 g/mol. The smallest absolute Gasteiger partial charge is 0.0945 e. The third kappa shape index (κ3) is 1.84. The van der Waals surface area contributed by atoms with E-state index in [1.54, 1.807) is 0 Å². The van der Waals surface area contributed by atoms with Crippen molar-refractivity contribution in [3.8, 4) is 0 Å². The first-order chi connectivity index (χ1) is 4.70. The third-order valence-electron chi connectivity index (χ3n) is 1.41. The summed E-state index contributed by atoms with van der Waals surface area (Å²) in [5.74, 6) is 0. The van der Waals surface area contributed by atoms with Crippen molar-refractivity contribution in [1.29, 1.82) is 0 Å². The second kappa shape index (κ2) is 3.19. The van der Waals surface area contributed by atoms with Gasteiger partial charge in [-0.25, -0.2) is 4.98 Å². The van der Waals surface area contributed by atoms with Gasteiger partial charge in [-0.05, 0) is 0 Å². The standard InChI is InChI=1S/C7H11BrN2/c1-6(8)3-7-4-9-5-10(7)2/h4-6H,3H2,1-2H3. The van der Waals surface area contributed by atoms with Gasteiger partial charge in [-0.2, -0.15) is 0 Å². The van der Waals surface area contributed by atoms with Crippen LogP contribution in [0.2, 0.25) is 0 Å². The van der Waals surface area contributed by atoms with Gasteiger partial charge in [0.2, 0.25) is 0 Å². The predicted octanol–water partition coefficient (Wildman–Crippen LogP) is 1.75. The topological polar surface area (TPSA) is 17.8 Å². The molecule has 0 spiro atoms. The molecule has 0 aliphatic heterocycles. The maximum Gasteiger partial charge on any atom is 0.0945 e. The van der Waals surface area contributed by atoms with E-state index < -0.39 is 0 Å². The highest BCUT2D eigenvalue weighted by atomic mass is 79.9. The van der Waals surface area contributed by atoms with E-state index in [4.69, 9.17) is 0 Å². The van der Waals surface area contributed by atoms with E-state index in [0.717, 1.165) is 6.42 Å². The second-order valence-corrected chi connectivity index (χ2v) is 4.04. The van der Waals surface area contributed by atoms with Gasteiger partial charge in [-0.15, -0.1) is 0 Å².